The number of rotatable bonds is 6. The first-order chi connectivity index (χ1) is 14.3. The minimum absolute atomic E-state index is 0.0134. The third-order valence-corrected chi connectivity index (χ3v) is 4.52. The standard InChI is InChI=1S/C20H11BrF6N2O/c21-12-7-10(5-6-14(12)30-9-11-3-1-2-4-13(11)22)8-28-29-20-18(26)16(24)15(23)17(25)19(20)27/h1-8,29H,9H2/b28-8-. The summed E-state index contributed by atoms with van der Waals surface area (Å²) in [6.45, 7) is -0.0134. The number of benzene rings is 3. The molecule has 0 spiro atoms. The molecule has 0 fully saturated rings. The number of hydrazone groups is 1. The third-order valence-electron chi connectivity index (χ3n) is 3.90. The fourth-order valence-electron chi connectivity index (χ4n) is 2.36. The molecule has 0 aliphatic heterocycles. The smallest absolute Gasteiger partial charge is 0.200 e. The Balaban J connectivity index is 1.71. The van der Waals surface area contributed by atoms with Crippen molar-refractivity contribution >= 4 is 27.8 Å². The zero-order valence-corrected chi connectivity index (χ0v) is 16.4. The molecule has 3 rings (SSSR count). The first kappa shape index (κ1) is 21.7. The highest BCUT2D eigenvalue weighted by molar-refractivity contribution is 9.10. The molecule has 0 saturated carbocycles. The van der Waals surface area contributed by atoms with Gasteiger partial charge in [0.1, 0.15) is 23.9 Å². The normalized spacial score (nSPS) is 11.2. The lowest BCUT2D eigenvalue weighted by Gasteiger charge is -2.09. The second kappa shape index (κ2) is 9.21. The molecule has 3 aromatic rings. The summed E-state index contributed by atoms with van der Waals surface area (Å²) in [7, 11) is 0. The maximum absolute atomic E-state index is 13.6. The van der Waals surface area contributed by atoms with Crippen molar-refractivity contribution in [2.75, 3.05) is 5.43 Å². The molecule has 0 atom stereocenters. The minimum atomic E-state index is -2.26. The number of hydrogen-bond acceptors (Lipinski definition) is 3. The number of ether oxygens (including phenoxy) is 1. The molecule has 0 bridgehead atoms. The van der Waals surface area contributed by atoms with Crippen LogP contribution >= 0.6 is 15.9 Å². The van der Waals surface area contributed by atoms with Crippen molar-refractivity contribution in [3.63, 3.8) is 0 Å². The lowest BCUT2D eigenvalue weighted by molar-refractivity contribution is 0.298. The molecule has 10 heteroatoms. The highest BCUT2D eigenvalue weighted by atomic mass is 79.9. The van der Waals surface area contributed by atoms with Crippen LogP contribution in [-0.2, 0) is 6.61 Å². The number of nitrogens with one attached hydrogen (secondary N) is 1. The van der Waals surface area contributed by atoms with Crippen LogP contribution in [0.4, 0.5) is 32.0 Å². The molecule has 0 aromatic heterocycles. The van der Waals surface area contributed by atoms with Crippen molar-refractivity contribution in [1.82, 2.24) is 0 Å². The maximum Gasteiger partial charge on any atom is 0.200 e. The molecule has 0 radical (unpaired) electrons. The van der Waals surface area contributed by atoms with E-state index in [0.717, 1.165) is 6.21 Å². The van der Waals surface area contributed by atoms with E-state index >= 15 is 0 Å². The highest BCUT2D eigenvalue weighted by Crippen LogP contribution is 2.28. The van der Waals surface area contributed by atoms with Crippen LogP contribution in [0.25, 0.3) is 0 Å². The Morgan fingerprint density at radius 3 is 2.13 bits per heavy atom. The molecule has 0 amide bonds. The van der Waals surface area contributed by atoms with E-state index in [1.54, 1.807) is 18.2 Å². The molecule has 0 aliphatic carbocycles. The summed E-state index contributed by atoms with van der Waals surface area (Å²) < 4.78 is 86.2. The van der Waals surface area contributed by atoms with Gasteiger partial charge in [-0.05, 0) is 45.8 Å². The van der Waals surface area contributed by atoms with Crippen LogP contribution in [0.1, 0.15) is 11.1 Å². The fourth-order valence-corrected chi connectivity index (χ4v) is 2.87. The molecule has 0 unspecified atom stereocenters. The summed E-state index contributed by atoms with van der Waals surface area (Å²) in [5, 5.41) is 3.50. The van der Waals surface area contributed by atoms with Gasteiger partial charge in [-0.25, -0.2) is 26.3 Å². The number of halogens is 7. The molecular weight excluding hydrogens is 478 g/mol. The Bertz CT molecular complexity index is 1090. The van der Waals surface area contributed by atoms with Crippen LogP contribution in [-0.4, -0.2) is 6.21 Å². The van der Waals surface area contributed by atoms with Gasteiger partial charge in [-0.3, -0.25) is 5.43 Å². The van der Waals surface area contributed by atoms with Gasteiger partial charge in [0.25, 0.3) is 0 Å². The van der Waals surface area contributed by atoms with Gasteiger partial charge in [-0.15, -0.1) is 0 Å². The Hall–Kier alpha value is -3.01. The van der Waals surface area contributed by atoms with Crippen molar-refractivity contribution in [3.8, 4) is 5.75 Å². The first-order valence-electron chi connectivity index (χ1n) is 8.26. The molecule has 0 aliphatic rings. The Labute approximate surface area is 175 Å². The van der Waals surface area contributed by atoms with Gasteiger partial charge >= 0.3 is 0 Å². The summed E-state index contributed by atoms with van der Waals surface area (Å²) >= 11 is 3.26. The number of anilines is 1. The van der Waals surface area contributed by atoms with Crippen LogP contribution in [0.5, 0.6) is 5.75 Å². The lowest BCUT2D eigenvalue weighted by Crippen LogP contribution is -2.06. The summed E-state index contributed by atoms with van der Waals surface area (Å²) in [5.41, 5.74) is 1.31. The van der Waals surface area contributed by atoms with Crippen LogP contribution in [0.3, 0.4) is 0 Å². The van der Waals surface area contributed by atoms with Crippen LogP contribution in [0.2, 0.25) is 0 Å². The van der Waals surface area contributed by atoms with Gasteiger partial charge in [0, 0.05) is 5.56 Å². The Kier molecular flexibility index (Phi) is 6.66. The largest absolute Gasteiger partial charge is 0.488 e. The molecular formula is C20H11BrF6N2O. The van der Waals surface area contributed by atoms with E-state index in [4.69, 9.17) is 4.74 Å². The van der Waals surface area contributed by atoms with Crippen LogP contribution in [0, 0.1) is 34.9 Å². The summed E-state index contributed by atoms with van der Waals surface area (Å²) in [6, 6.07) is 10.7. The maximum atomic E-state index is 13.6. The predicted molar refractivity (Wildman–Crippen MR) is 102 cm³/mol. The van der Waals surface area contributed by atoms with E-state index in [1.807, 2.05) is 5.43 Å². The molecule has 1 N–H and O–H groups in total. The zero-order chi connectivity index (χ0) is 21.8. The Morgan fingerprint density at radius 1 is 0.867 bits per heavy atom. The monoisotopic (exact) mass is 488 g/mol. The Morgan fingerprint density at radius 2 is 1.50 bits per heavy atom. The van der Waals surface area contributed by atoms with Gasteiger partial charge in [-0.1, -0.05) is 18.2 Å². The second-order valence-corrected chi connectivity index (χ2v) is 6.74. The van der Waals surface area contributed by atoms with Crippen molar-refractivity contribution in [2.45, 2.75) is 6.61 Å². The van der Waals surface area contributed by atoms with Crippen molar-refractivity contribution in [2.24, 2.45) is 5.10 Å². The molecule has 3 nitrogen and oxygen atoms in total. The lowest BCUT2D eigenvalue weighted by atomic mass is 10.2. The van der Waals surface area contributed by atoms with E-state index in [9.17, 15) is 26.3 Å². The molecule has 30 heavy (non-hydrogen) atoms. The summed E-state index contributed by atoms with van der Waals surface area (Å²) in [6.07, 6.45) is 1.10. The quantitative estimate of drug-likeness (QED) is 0.145. The number of nitrogens with zero attached hydrogens (tertiary/aromatic N) is 1. The van der Waals surface area contributed by atoms with Gasteiger partial charge in [0.2, 0.25) is 5.82 Å². The molecule has 0 heterocycles. The zero-order valence-electron chi connectivity index (χ0n) is 14.8. The SMILES string of the molecule is Fc1ccccc1COc1ccc(/C=N\Nc2c(F)c(F)c(F)c(F)c2F)cc1Br. The van der Waals surface area contributed by atoms with Crippen molar-refractivity contribution < 1.29 is 31.1 Å². The molecule has 3 aromatic carbocycles. The first-order valence-corrected chi connectivity index (χ1v) is 9.05. The summed E-state index contributed by atoms with van der Waals surface area (Å²) in [5.74, 6) is -10.5. The molecule has 156 valence electrons. The van der Waals surface area contributed by atoms with E-state index in [0.29, 0.717) is 21.3 Å². The van der Waals surface area contributed by atoms with E-state index in [1.165, 1.54) is 24.3 Å². The average molecular weight is 489 g/mol. The van der Waals surface area contributed by atoms with Gasteiger partial charge in [0.05, 0.1) is 10.7 Å². The topological polar surface area (TPSA) is 33.6 Å². The van der Waals surface area contributed by atoms with Gasteiger partial charge in [0.15, 0.2) is 23.3 Å². The highest BCUT2D eigenvalue weighted by Gasteiger charge is 2.25. The molecule has 0 saturated heterocycles. The average Bonchev–Trinajstić information content (AvgIpc) is 2.73. The predicted octanol–water partition coefficient (Wildman–Crippen LogP) is 6.31. The van der Waals surface area contributed by atoms with Gasteiger partial charge < -0.3 is 4.74 Å². The van der Waals surface area contributed by atoms with Crippen LogP contribution < -0.4 is 10.2 Å². The van der Waals surface area contributed by atoms with E-state index < -0.39 is 40.6 Å². The van der Waals surface area contributed by atoms with Crippen molar-refractivity contribution in [1.29, 1.82) is 0 Å². The van der Waals surface area contributed by atoms with E-state index in [2.05, 4.69) is 21.0 Å². The third kappa shape index (κ3) is 4.59. The summed E-state index contributed by atoms with van der Waals surface area (Å²) in [4.78, 5) is 0. The van der Waals surface area contributed by atoms with E-state index in [-0.39, 0.29) is 6.61 Å². The van der Waals surface area contributed by atoms with Crippen LogP contribution in [0.15, 0.2) is 52.0 Å². The number of hydrogen-bond donors (Lipinski definition) is 1. The minimum Gasteiger partial charge on any atom is -0.488 e. The fraction of sp³-hybridized carbons (Fsp3) is 0.0500. The second-order valence-electron chi connectivity index (χ2n) is 5.88. The van der Waals surface area contributed by atoms with Crippen molar-refractivity contribution in [3.05, 3.63) is 93.0 Å². The van der Waals surface area contributed by atoms with Gasteiger partial charge in [-0.2, -0.15) is 5.10 Å².